The quantitative estimate of drug-likeness (QED) is 0.832. The molecule has 0 N–H and O–H groups in total. The molecule has 0 radical (unpaired) electrons. The second-order valence-electron chi connectivity index (χ2n) is 6.14. The highest BCUT2D eigenvalue weighted by Crippen LogP contribution is 2.37. The molecule has 1 heterocycles. The Morgan fingerprint density at radius 2 is 1.76 bits per heavy atom. The summed E-state index contributed by atoms with van der Waals surface area (Å²) >= 11 is 0. The molecule has 0 saturated carbocycles. The van der Waals surface area contributed by atoms with E-state index in [1.807, 2.05) is 19.1 Å². The number of fused-ring (bicyclic) bond motifs is 1. The van der Waals surface area contributed by atoms with Crippen LogP contribution < -0.4 is 0 Å². The molecule has 0 bridgehead atoms. The van der Waals surface area contributed by atoms with Gasteiger partial charge in [0.2, 0.25) is 0 Å². The topological polar surface area (TPSA) is 37.4 Å². The molecule has 1 unspecified atom stereocenters. The molecule has 0 aromatic heterocycles. The summed E-state index contributed by atoms with van der Waals surface area (Å²) in [5.74, 6) is 0.432. The highest BCUT2D eigenvalue weighted by Gasteiger charge is 2.33. The molecule has 1 fully saturated rings. The maximum Gasteiger partial charge on any atom is 0.264 e. The number of hydrogen-bond acceptors (Lipinski definition) is 2. The van der Waals surface area contributed by atoms with Crippen molar-refractivity contribution in [3.63, 3.8) is 0 Å². The Labute approximate surface area is 127 Å². The van der Waals surface area contributed by atoms with Crippen LogP contribution in [0.5, 0.6) is 0 Å². The molecule has 1 atom stereocenters. The van der Waals surface area contributed by atoms with Crippen LogP contribution in [0.2, 0.25) is 0 Å². The van der Waals surface area contributed by atoms with Gasteiger partial charge in [0.1, 0.15) is 0 Å². The van der Waals surface area contributed by atoms with Gasteiger partial charge in [-0.3, -0.25) is 4.31 Å². The third-order valence-electron chi connectivity index (χ3n) is 4.59. The van der Waals surface area contributed by atoms with E-state index in [-0.39, 0.29) is 0 Å². The number of sulfonamides is 1. The van der Waals surface area contributed by atoms with Crippen molar-refractivity contribution in [2.45, 2.75) is 50.3 Å². The van der Waals surface area contributed by atoms with Gasteiger partial charge in [0.25, 0.3) is 10.0 Å². The number of hydrogen-bond donors (Lipinski definition) is 0. The van der Waals surface area contributed by atoms with Gasteiger partial charge in [-0.15, -0.1) is 0 Å². The first-order valence-corrected chi connectivity index (χ1v) is 9.32. The second-order valence-corrected chi connectivity index (χ2v) is 8.01. The van der Waals surface area contributed by atoms with Crippen LogP contribution in [-0.4, -0.2) is 19.3 Å². The van der Waals surface area contributed by atoms with Crippen LogP contribution in [0.25, 0.3) is 0 Å². The molecule has 1 saturated heterocycles. The molecule has 3 rings (SSSR count). The first-order valence-electron chi connectivity index (χ1n) is 7.88. The summed E-state index contributed by atoms with van der Waals surface area (Å²) in [5, 5.41) is 0. The lowest BCUT2D eigenvalue weighted by atomic mass is 9.89. The van der Waals surface area contributed by atoms with Crippen molar-refractivity contribution in [3.05, 3.63) is 41.6 Å². The minimum atomic E-state index is -3.41. The molecule has 114 valence electrons. The summed E-state index contributed by atoms with van der Waals surface area (Å²) in [6, 6.07) is 7.21. The third-order valence-corrected chi connectivity index (χ3v) is 6.43. The summed E-state index contributed by atoms with van der Waals surface area (Å²) in [6.45, 7) is 2.60. The van der Waals surface area contributed by atoms with Crippen molar-refractivity contribution in [1.29, 1.82) is 0 Å². The highest BCUT2D eigenvalue weighted by molar-refractivity contribution is 7.89. The fourth-order valence-electron chi connectivity index (χ4n) is 3.40. The monoisotopic (exact) mass is 305 g/mol. The predicted molar refractivity (Wildman–Crippen MR) is 84.3 cm³/mol. The van der Waals surface area contributed by atoms with Gasteiger partial charge < -0.3 is 0 Å². The SMILES string of the molecule is Cc1ccc(S(=O)(=O)N2CCCCC3CCCC=C32)cc1. The van der Waals surface area contributed by atoms with Gasteiger partial charge in [-0.1, -0.05) is 30.2 Å². The maximum absolute atomic E-state index is 13.0. The lowest BCUT2D eigenvalue weighted by Gasteiger charge is -2.31. The Hall–Kier alpha value is -1.29. The number of allylic oxidation sites excluding steroid dienone is 2. The van der Waals surface area contributed by atoms with Crippen LogP contribution in [0.15, 0.2) is 40.9 Å². The average molecular weight is 305 g/mol. The van der Waals surface area contributed by atoms with E-state index in [1.54, 1.807) is 16.4 Å². The van der Waals surface area contributed by atoms with Gasteiger partial charge in [-0.05, 0) is 57.1 Å². The van der Waals surface area contributed by atoms with Gasteiger partial charge in [0.05, 0.1) is 4.90 Å². The lowest BCUT2D eigenvalue weighted by Crippen LogP contribution is -2.33. The van der Waals surface area contributed by atoms with E-state index in [1.165, 1.54) is 6.42 Å². The van der Waals surface area contributed by atoms with Crippen molar-refractivity contribution >= 4 is 10.0 Å². The van der Waals surface area contributed by atoms with E-state index in [4.69, 9.17) is 0 Å². The molecule has 4 heteroatoms. The normalized spacial score (nSPS) is 23.2. The van der Waals surface area contributed by atoms with Crippen molar-refractivity contribution < 1.29 is 8.42 Å². The number of rotatable bonds is 2. The van der Waals surface area contributed by atoms with Crippen molar-refractivity contribution in [3.8, 4) is 0 Å². The summed E-state index contributed by atoms with van der Waals surface area (Å²) in [6.07, 6.45) is 8.70. The van der Waals surface area contributed by atoms with Crippen LogP contribution in [0.4, 0.5) is 0 Å². The number of benzene rings is 1. The molecule has 0 amide bonds. The predicted octanol–water partition coefficient (Wildman–Crippen LogP) is 3.85. The van der Waals surface area contributed by atoms with Crippen molar-refractivity contribution in [2.75, 3.05) is 6.54 Å². The van der Waals surface area contributed by atoms with Gasteiger partial charge in [0.15, 0.2) is 0 Å². The number of aryl methyl sites for hydroxylation is 1. The zero-order valence-electron chi connectivity index (χ0n) is 12.6. The maximum atomic E-state index is 13.0. The summed E-state index contributed by atoms with van der Waals surface area (Å²) in [4.78, 5) is 0.417. The second kappa shape index (κ2) is 5.84. The van der Waals surface area contributed by atoms with E-state index in [0.29, 0.717) is 17.4 Å². The zero-order valence-corrected chi connectivity index (χ0v) is 13.4. The molecule has 0 spiro atoms. The van der Waals surface area contributed by atoms with Gasteiger partial charge in [-0.25, -0.2) is 8.42 Å². The first-order chi connectivity index (χ1) is 10.1. The van der Waals surface area contributed by atoms with E-state index < -0.39 is 10.0 Å². The minimum absolute atomic E-state index is 0.417. The van der Waals surface area contributed by atoms with E-state index >= 15 is 0 Å². The largest absolute Gasteiger partial charge is 0.270 e. The standard InChI is InChI=1S/C17H23NO2S/c1-14-9-11-16(12-10-14)21(19,20)18-13-5-4-7-15-6-2-3-8-17(15)18/h8-12,15H,2-7,13H2,1H3. The fraction of sp³-hybridized carbons (Fsp3) is 0.529. The van der Waals surface area contributed by atoms with Crippen LogP contribution >= 0.6 is 0 Å². The summed E-state index contributed by atoms with van der Waals surface area (Å²) in [7, 11) is -3.41. The minimum Gasteiger partial charge on any atom is -0.270 e. The summed E-state index contributed by atoms with van der Waals surface area (Å²) < 4.78 is 27.7. The molecule has 1 aromatic carbocycles. The number of nitrogens with zero attached hydrogens (tertiary/aromatic N) is 1. The lowest BCUT2D eigenvalue weighted by molar-refractivity contribution is 0.403. The first kappa shape index (κ1) is 14.6. The zero-order chi connectivity index (χ0) is 14.9. The molecule has 21 heavy (non-hydrogen) atoms. The third kappa shape index (κ3) is 2.86. The Morgan fingerprint density at radius 1 is 1.05 bits per heavy atom. The van der Waals surface area contributed by atoms with E-state index in [0.717, 1.165) is 43.4 Å². The smallest absolute Gasteiger partial charge is 0.264 e. The molecule has 2 aliphatic rings. The Bertz CT molecular complexity index is 631. The fourth-order valence-corrected chi connectivity index (χ4v) is 5.00. The molecule has 1 aliphatic carbocycles. The van der Waals surface area contributed by atoms with Crippen molar-refractivity contribution in [1.82, 2.24) is 4.31 Å². The van der Waals surface area contributed by atoms with E-state index in [9.17, 15) is 8.42 Å². The van der Waals surface area contributed by atoms with Crippen LogP contribution in [0.1, 0.15) is 44.1 Å². The molecule has 1 aliphatic heterocycles. The Morgan fingerprint density at radius 3 is 2.52 bits per heavy atom. The van der Waals surface area contributed by atoms with Gasteiger partial charge in [0, 0.05) is 12.2 Å². The van der Waals surface area contributed by atoms with Crippen LogP contribution in [0, 0.1) is 12.8 Å². The van der Waals surface area contributed by atoms with Crippen LogP contribution in [-0.2, 0) is 10.0 Å². The molecular formula is C17H23NO2S. The van der Waals surface area contributed by atoms with Crippen LogP contribution in [0.3, 0.4) is 0 Å². The molecular weight excluding hydrogens is 282 g/mol. The summed E-state index contributed by atoms with van der Waals surface area (Å²) in [5.41, 5.74) is 2.14. The van der Waals surface area contributed by atoms with Gasteiger partial charge >= 0.3 is 0 Å². The van der Waals surface area contributed by atoms with Crippen molar-refractivity contribution in [2.24, 2.45) is 5.92 Å². The molecule has 3 nitrogen and oxygen atoms in total. The highest BCUT2D eigenvalue weighted by atomic mass is 32.2. The Kier molecular flexibility index (Phi) is 4.07. The molecule has 1 aromatic rings. The Balaban J connectivity index is 1.99. The average Bonchev–Trinajstić information content (AvgIpc) is 2.70. The van der Waals surface area contributed by atoms with Gasteiger partial charge in [-0.2, -0.15) is 0 Å². The van der Waals surface area contributed by atoms with E-state index in [2.05, 4.69) is 6.08 Å².